The molecule has 2 aromatic heterocycles. The SMILES string of the molecule is Cc1ccc(-c2coc3cc4oc(=O)c(CC(=O)N[C@H](CSCc5ccccc5)C(=O)O)c(C)c4cc23)cc1. The molecule has 7 nitrogen and oxygen atoms in total. The molecule has 0 aliphatic rings. The van der Waals surface area contributed by atoms with E-state index in [1.165, 1.54) is 11.8 Å². The van der Waals surface area contributed by atoms with Gasteiger partial charge in [0.05, 0.1) is 18.2 Å². The van der Waals surface area contributed by atoms with Gasteiger partial charge in [-0.05, 0) is 36.6 Å². The first-order valence-corrected chi connectivity index (χ1v) is 13.6. The van der Waals surface area contributed by atoms with E-state index in [-0.39, 0.29) is 17.7 Å². The van der Waals surface area contributed by atoms with Crippen molar-refractivity contribution in [3.63, 3.8) is 0 Å². The highest BCUT2D eigenvalue weighted by molar-refractivity contribution is 7.98. The molecule has 198 valence electrons. The van der Waals surface area contributed by atoms with Crippen LogP contribution in [0.1, 0.15) is 22.3 Å². The average molecular weight is 542 g/mol. The van der Waals surface area contributed by atoms with Crippen LogP contribution in [0.25, 0.3) is 33.1 Å². The monoisotopic (exact) mass is 541 g/mol. The van der Waals surface area contributed by atoms with Gasteiger partial charge in [0.25, 0.3) is 0 Å². The van der Waals surface area contributed by atoms with Crippen LogP contribution in [-0.2, 0) is 21.8 Å². The van der Waals surface area contributed by atoms with Crippen molar-refractivity contribution in [2.24, 2.45) is 0 Å². The second kappa shape index (κ2) is 11.2. The number of furan rings is 1. The number of aliphatic carboxylic acids is 1. The van der Waals surface area contributed by atoms with Crippen LogP contribution in [0.4, 0.5) is 0 Å². The van der Waals surface area contributed by atoms with Crippen LogP contribution in [0.15, 0.2) is 86.6 Å². The fraction of sp³-hybridized carbons (Fsp3) is 0.194. The average Bonchev–Trinajstić information content (AvgIpc) is 3.33. The first-order valence-electron chi connectivity index (χ1n) is 12.5. The molecule has 0 saturated heterocycles. The number of fused-ring (bicyclic) bond motifs is 2. The maximum Gasteiger partial charge on any atom is 0.340 e. The summed E-state index contributed by atoms with van der Waals surface area (Å²) in [7, 11) is 0. The smallest absolute Gasteiger partial charge is 0.340 e. The Labute approximate surface area is 228 Å². The summed E-state index contributed by atoms with van der Waals surface area (Å²) in [4.78, 5) is 37.5. The van der Waals surface area contributed by atoms with E-state index in [1.807, 2.05) is 67.6 Å². The van der Waals surface area contributed by atoms with E-state index >= 15 is 0 Å². The molecule has 3 aromatic carbocycles. The van der Waals surface area contributed by atoms with Crippen molar-refractivity contribution in [2.45, 2.75) is 32.1 Å². The number of carbonyl (C=O) groups excluding carboxylic acids is 1. The van der Waals surface area contributed by atoms with Crippen LogP contribution < -0.4 is 10.9 Å². The molecular weight excluding hydrogens is 514 g/mol. The summed E-state index contributed by atoms with van der Waals surface area (Å²) in [6.45, 7) is 3.79. The zero-order chi connectivity index (χ0) is 27.5. The highest BCUT2D eigenvalue weighted by Crippen LogP contribution is 2.34. The van der Waals surface area contributed by atoms with Crippen molar-refractivity contribution in [3.8, 4) is 11.1 Å². The Balaban J connectivity index is 1.37. The van der Waals surface area contributed by atoms with E-state index in [9.17, 15) is 19.5 Å². The molecule has 2 N–H and O–H groups in total. The maximum atomic E-state index is 12.9. The van der Waals surface area contributed by atoms with Gasteiger partial charge in [-0.1, -0.05) is 60.2 Å². The topological polar surface area (TPSA) is 110 Å². The van der Waals surface area contributed by atoms with Gasteiger partial charge in [-0.3, -0.25) is 4.79 Å². The van der Waals surface area contributed by atoms with Gasteiger partial charge in [-0.15, -0.1) is 0 Å². The Kier molecular flexibility index (Phi) is 7.56. The first kappa shape index (κ1) is 26.3. The molecular formula is C31H27NO6S. The molecule has 1 amide bonds. The normalized spacial score (nSPS) is 12.1. The number of nitrogens with one attached hydrogen (secondary N) is 1. The number of amides is 1. The second-order valence-electron chi connectivity index (χ2n) is 9.49. The van der Waals surface area contributed by atoms with E-state index in [1.54, 1.807) is 19.3 Å². The van der Waals surface area contributed by atoms with E-state index in [0.717, 1.165) is 27.6 Å². The number of rotatable bonds is 9. The fourth-order valence-corrected chi connectivity index (χ4v) is 5.53. The molecule has 5 aromatic rings. The van der Waals surface area contributed by atoms with Crippen LogP contribution >= 0.6 is 11.8 Å². The van der Waals surface area contributed by atoms with Crippen LogP contribution in [-0.4, -0.2) is 28.8 Å². The lowest BCUT2D eigenvalue weighted by Gasteiger charge is -2.15. The minimum Gasteiger partial charge on any atom is -0.480 e. The Morgan fingerprint density at radius 3 is 2.44 bits per heavy atom. The quantitative estimate of drug-likeness (QED) is 0.225. The molecule has 39 heavy (non-hydrogen) atoms. The molecule has 2 heterocycles. The predicted molar refractivity (Wildman–Crippen MR) is 153 cm³/mol. The molecule has 0 aliphatic carbocycles. The number of hydrogen-bond donors (Lipinski definition) is 2. The van der Waals surface area contributed by atoms with Crippen LogP contribution in [0.2, 0.25) is 0 Å². The fourth-order valence-electron chi connectivity index (χ4n) is 4.52. The number of carboxylic acids is 1. The Bertz CT molecular complexity index is 1720. The van der Waals surface area contributed by atoms with E-state index in [4.69, 9.17) is 8.83 Å². The molecule has 0 radical (unpaired) electrons. The molecule has 0 saturated carbocycles. The van der Waals surface area contributed by atoms with Crippen LogP contribution in [0.3, 0.4) is 0 Å². The van der Waals surface area contributed by atoms with E-state index in [2.05, 4.69) is 5.32 Å². The van der Waals surface area contributed by atoms with Gasteiger partial charge in [0.15, 0.2) is 0 Å². The summed E-state index contributed by atoms with van der Waals surface area (Å²) in [6, 6.07) is 20.3. The van der Waals surface area contributed by atoms with E-state index < -0.39 is 23.5 Å². The lowest BCUT2D eigenvalue weighted by Crippen LogP contribution is -2.43. The second-order valence-corrected chi connectivity index (χ2v) is 10.5. The molecule has 0 unspecified atom stereocenters. The van der Waals surface area contributed by atoms with Gasteiger partial charge in [0.1, 0.15) is 17.2 Å². The zero-order valence-corrected chi connectivity index (χ0v) is 22.3. The maximum absolute atomic E-state index is 12.9. The Hall–Kier alpha value is -4.30. The summed E-state index contributed by atoms with van der Waals surface area (Å²) in [5, 5.41) is 13.7. The van der Waals surface area contributed by atoms with Gasteiger partial charge in [-0.2, -0.15) is 11.8 Å². The lowest BCUT2D eigenvalue weighted by atomic mass is 9.99. The van der Waals surface area contributed by atoms with Gasteiger partial charge >= 0.3 is 11.6 Å². The molecule has 0 bridgehead atoms. The molecule has 1 atom stereocenters. The van der Waals surface area contributed by atoms with Crippen molar-refractivity contribution >= 4 is 45.6 Å². The number of carbonyl (C=O) groups is 2. The minimum atomic E-state index is -1.13. The van der Waals surface area contributed by atoms with Crippen molar-refractivity contribution in [2.75, 3.05) is 5.75 Å². The first-order chi connectivity index (χ1) is 18.8. The zero-order valence-electron chi connectivity index (χ0n) is 21.5. The molecule has 0 spiro atoms. The third kappa shape index (κ3) is 5.76. The van der Waals surface area contributed by atoms with Gasteiger partial charge in [-0.25, -0.2) is 9.59 Å². The summed E-state index contributed by atoms with van der Waals surface area (Å²) >= 11 is 1.42. The third-order valence-corrected chi connectivity index (χ3v) is 7.82. The number of aryl methyl sites for hydroxylation is 2. The highest BCUT2D eigenvalue weighted by atomic mass is 32.2. The van der Waals surface area contributed by atoms with Gasteiger partial charge < -0.3 is 19.3 Å². The third-order valence-electron chi connectivity index (χ3n) is 6.71. The van der Waals surface area contributed by atoms with Gasteiger partial charge in [0.2, 0.25) is 5.91 Å². The van der Waals surface area contributed by atoms with Crippen molar-refractivity contribution < 1.29 is 23.5 Å². The molecule has 8 heteroatoms. The molecule has 5 rings (SSSR count). The van der Waals surface area contributed by atoms with E-state index in [0.29, 0.717) is 27.9 Å². The summed E-state index contributed by atoms with van der Waals surface area (Å²) in [6.07, 6.45) is 1.39. The number of carboxylic acid groups (broad SMARTS) is 1. The molecule has 0 fully saturated rings. The number of hydrogen-bond acceptors (Lipinski definition) is 6. The van der Waals surface area contributed by atoms with Crippen molar-refractivity contribution in [1.29, 1.82) is 0 Å². The van der Waals surface area contributed by atoms with Crippen molar-refractivity contribution in [3.05, 3.63) is 106 Å². The Morgan fingerprint density at radius 1 is 0.974 bits per heavy atom. The standard InChI is InChI=1S/C31H27NO6S/c1-18-8-10-21(11-9-18)25-15-37-27-14-28-22(12-24(25)27)19(2)23(31(36)38-28)13-29(33)32-26(30(34)35)17-39-16-20-6-4-3-5-7-20/h3-12,14-15,26H,13,16-17H2,1-2H3,(H,32,33)(H,34,35)/t26-/m1/s1. The van der Waals surface area contributed by atoms with Crippen LogP contribution in [0, 0.1) is 13.8 Å². The van der Waals surface area contributed by atoms with Crippen molar-refractivity contribution in [1.82, 2.24) is 5.32 Å². The summed E-state index contributed by atoms with van der Waals surface area (Å²) in [5.41, 5.74) is 5.25. The summed E-state index contributed by atoms with van der Waals surface area (Å²) in [5.74, 6) is -0.859. The lowest BCUT2D eigenvalue weighted by molar-refractivity contribution is -0.141. The number of thioether (sulfide) groups is 1. The largest absolute Gasteiger partial charge is 0.480 e. The number of benzene rings is 3. The predicted octanol–water partition coefficient (Wildman–Crippen LogP) is 5.87. The molecule has 0 aliphatic heterocycles. The van der Waals surface area contributed by atoms with Gasteiger partial charge in [0, 0.05) is 33.9 Å². The Morgan fingerprint density at radius 2 is 1.72 bits per heavy atom. The highest BCUT2D eigenvalue weighted by Gasteiger charge is 2.23. The minimum absolute atomic E-state index is 0.195. The van der Waals surface area contributed by atoms with Crippen LogP contribution in [0.5, 0.6) is 0 Å². The summed E-state index contributed by atoms with van der Waals surface area (Å²) < 4.78 is 11.3.